The van der Waals surface area contributed by atoms with Crippen LogP contribution in [0.2, 0.25) is 0 Å². The lowest BCUT2D eigenvalue weighted by Crippen LogP contribution is -2.29. The number of hydrogen-bond acceptors (Lipinski definition) is 5. The summed E-state index contributed by atoms with van der Waals surface area (Å²) in [6, 6.07) is 0. The summed E-state index contributed by atoms with van der Waals surface area (Å²) in [5.74, 6) is 0.872. The Hall–Kier alpha value is -0.650. The topological polar surface area (TPSA) is 37.4 Å². The van der Waals surface area contributed by atoms with Crippen LogP contribution in [0.15, 0.2) is 0 Å². The summed E-state index contributed by atoms with van der Waals surface area (Å²) >= 11 is 1.81. The zero-order valence-corrected chi connectivity index (χ0v) is 13.8. The number of nitrogens with zero attached hydrogens (tertiary/aromatic N) is 2. The number of ether oxygens (including phenoxy) is 1. The summed E-state index contributed by atoms with van der Waals surface area (Å²) in [6.45, 7) is 5.89. The molecule has 1 aliphatic rings. The van der Waals surface area contributed by atoms with E-state index in [1.54, 1.807) is 18.4 Å². The minimum absolute atomic E-state index is 0.608. The molecule has 20 heavy (non-hydrogen) atoms. The van der Waals surface area contributed by atoms with Crippen LogP contribution in [0.1, 0.15) is 43.2 Å². The van der Waals surface area contributed by atoms with E-state index in [0.717, 1.165) is 42.8 Å². The summed E-state index contributed by atoms with van der Waals surface area (Å²) < 4.78 is 5.28. The summed E-state index contributed by atoms with van der Waals surface area (Å²) in [7, 11) is 3.90. The second-order valence-corrected chi connectivity index (χ2v) is 6.72. The zero-order valence-electron chi connectivity index (χ0n) is 12.9. The molecule has 114 valence electrons. The lowest BCUT2D eigenvalue weighted by Gasteiger charge is -2.29. The Labute approximate surface area is 126 Å². The molecule has 2 rings (SSSR count). The Morgan fingerprint density at radius 2 is 2.25 bits per heavy atom. The van der Waals surface area contributed by atoms with Gasteiger partial charge in [0.2, 0.25) is 0 Å². The van der Waals surface area contributed by atoms with Crippen molar-refractivity contribution in [2.45, 2.75) is 45.8 Å². The smallest absolute Gasteiger partial charge is 0.185 e. The van der Waals surface area contributed by atoms with E-state index in [0.29, 0.717) is 6.61 Å². The van der Waals surface area contributed by atoms with Crippen molar-refractivity contribution in [3.05, 3.63) is 10.6 Å². The van der Waals surface area contributed by atoms with Crippen LogP contribution in [0.25, 0.3) is 0 Å². The van der Waals surface area contributed by atoms with Crippen LogP contribution < -0.4 is 10.2 Å². The van der Waals surface area contributed by atoms with E-state index in [2.05, 4.69) is 24.2 Å². The number of anilines is 1. The molecule has 1 aromatic heterocycles. The first kappa shape index (κ1) is 15.7. The number of aromatic nitrogens is 1. The van der Waals surface area contributed by atoms with Crippen LogP contribution in [0.4, 0.5) is 5.13 Å². The monoisotopic (exact) mass is 297 g/mol. The first-order chi connectivity index (χ1) is 9.74. The molecule has 0 atom stereocenters. The molecule has 1 N–H and O–H groups in total. The van der Waals surface area contributed by atoms with Crippen LogP contribution in [-0.2, 0) is 17.9 Å². The van der Waals surface area contributed by atoms with E-state index in [1.807, 2.05) is 0 Å². The molecule has 0 bridgehead atoms. The van der Waals surface area contributed by atoms with Crippen molar-refractivity contribution >= 4 is 16.5 Å². The SMILES string of the molecule is CCCNCc1sc(N(C)CC2CCC2)nc1COC. The Morgan fingerprint density at radius 3 is 2.85 bits per heavy atom. The Bertz CT molecular complexity index is 404. The van der Waals surface area contributed by atoms with Crippen LogP contribution in [0.5, 0.6) is 0 Å². The van der Waals surface area contributed by atoms with Crippen molar-refractivity contribution in [1.29, 1.82) is 0 Å². The van der Waals surface area contributed by atoms with Gasteiger partial charge < -0.3 is 15.0 Å². The molecule has 0 saturated heterocycles. The largest absolute Gasteiger partial charge is 0.378 e. The standard InChI is InChI=1S/C15H27N3OS/c1-4-8-16-9-14-13(11-19-3)17-15(20-14)18(2)10-12-6-5-7-12/h12,16H,4-11H2,1-3H3. The van der Waals surface area contributed by atoms with Crippen molar-refractivity contribution in [3.63, 3.8) is 0 Å². The lowest BCUT2D eigenvalue weighted by atomic mass is 9.85. The Morgan fingerprint density at radius 1 is 1.45 bits per heavy atom. The summed E-state index contributed by atoms with van der Waals surface area (Å²) in [6.07, 6.45) is 5.32. The molecule has 1 heterocycles. The second-order valence-electron chi connectivity index (χ2n) is 5.65. The fourth-order valence-corrected chi connectivity index (χ4v) is 3.44. The molecule has 0 radical (unpaired) electrons. The fourth-order valence-electron chi connectivity index (χ4n) is 2.44. The van der Waals surface area contributed by atoms with Gasteiger partial charge in [-0.2, -0.15) is 0 Å². The van der Waals surface area contributed by atoms with Crippen LogP contribution in [0.3, 0.4) is 0 Å². The van der Waals surface area contributed by atoms with Crippen LogP contribution in [-0.4, -0.2) is 32.2 Å². The second kappa shape index (κ2) is 7.96. The van der Waals surface area contributed by atoms with Gasteiger partial charge in [0.15, 0.2) is 5.13 Å². The first-order valence-electron chi connectivity index (χ1n) is 7.64. The van der Waals surface area contributed by atoms with E-state index in [4.69, 9.17) is 9.72 Å². The molecular formula is C15H27N3OS. The maximum atomic E-state index is 5.28. The van der Waals surface area contributed by atoms with E-state index in [-0.39, 0.29) is 0 Å². The number of hydrogen-bond donors (Lipinski definition) is 1. The van der Waals surface area contributed by atoms with Crippen molar-refractivity contribution in [3.8, 4) is 0 Å². The summed E-state index contributed by atoms with van der Waals surface area (Å²) in [5.41, 5.74) is 1.09. The maximum absolute atomic E-state index is 5.28. The lowest BCUT2D eigenvalue weighted by molar-refractivity contribution is 0.181. The quantitative estimate of drug-likeness (QED) is 0.711. The van der Waals surface area contributed by atoms with Gasteiger partial charge in [0.05, 0.1) is 12.3 Å². The average molecular weight is 297 g/mol. The van der Waals surface area contributed by atoms with Gasteiger partial charge in [-0.15, -0.1) is 11.3 Å². The fraction of sp³-hybridized carbons (Fsp3) is 0.800. The molecule has 0 spiro atoms. The van der Waals surface area contributed by atoms with Gasteiger partial charge in [0.1, 0.15) is 0 Å². The predicted octanol–water partition coefficient (Wildman–Crippen LogP) is 3.03. The highest BCUT2D eigenvalue weighted by Gasteiger charge is 2.21. The first-order valence-corrected chi connectivity index (χ1v) is 8.45. The van der Waals surface area contributed by atoms with Crippen LogP contribution in [0, 0.1) is 5.92 Å². The third-order valence-corrected chi connectivity index (χ3v) is 5.06. The minimum atomic E-state index is 0.608. The highest BCUT2D eigenvalue weighted by Crippen LogP contribution is 2.31. The van der Waals surface area contributed by atoms with E-state index in [9.17, 15) is 0 Å². The highest BCUT2D eigenvalue weighted by atomic mass is 32.1. The Kier molecular flexibility index (Phi) is 6.26. The molecule has 1 fully saturated rings. The van der Waals surface area contributed by atoms with Gasteiger partial charge in [-0.1, -0.05) is 13.3 Å². The maximum Gasteiger partial charge on any atom is 0.185 e. The van der Waals surface area contributed by atoms with Crippen molar-refractivity contribution in [2.75, 3.05) is 32.1 Å². The number of thiazole rings is 1. The van der Waals surface area contributed by atoms with Crippen molar-refractivity contribution in [1.82, 2.24) is 10.3 Å². The van der Waals surface area contributed by atoms with Gasteiger partial charge in [-0.05, 0) is 31.7 Å². The van der Waals surface area contributed by atoms with Crippen LogP contribution >= 0.6 is 11.3 Å². The van der Waals surface area contributed by atoms with E-state index < -0.39 is 0 Å². The molecule has 0 aromatic carbocycles. The van der Waals surface area contributed by atoms with Gasteiger partial charge in [-0.25, -0.2) is 4.98 Å². The minimum Gasteiger partial charge on any atom is -0.378 e. The molecule has 1 saturated carbocycles. The predicted molar refractivity (Wildman–Crippen MR) is 85.4 cm³/mol. The van der Waals surface area contributed by atoms with Crippen molar-refractivity contribution in [2.24, 2.45) is 5.92 Å². The molecule has 0 amide bonds. The third kappa shape index (κ3) is 4.17. The molecular weight excluding hydrogens is 270 g/mol. The summed E-state index contributed by atoms with van der Waals surface area (Å²) in [5, 5.41) is 4.60. The molecule has 0 aliphatic heterocycles. The third-order valence-electron chi connectivity index (χ3n) is 3.84. The molecule has 1 aliphatic carbocycles. The number of methoxy groups -OCH3 is 1. The van der Waals surface area contributed by atoms with Gasteiger partial charge in [0, 0.05) is 32.1 Å². The van der Waals surface area contributed by atoms with Gasteiger partial charge >= 0.3 is 0 Å². The zero-order chi connectivity index (χ0) is 14.4. The molecule has 4 nitrogen and oxygen atoms in total. The normalized spacial score (nSPS) is 15.3. The highest BCUT2D eigenvalue weighted by molar-refractivity contribution is 7.15. The molecule has 1 aromatic rings. The number of nitrogens with one attached hydrogen (secondary N) is 1. The van der Waals surface area contributed by atoms with Gasteiger partial charge in [-0.3, -0.25) is 0 Å². The molecule has 5 heteroatoms. The van der Waals surface area contributed by atoms with Gasteiger partial charge in [0.25, 0.3) is 0 Å². The Balaban J connectivity index is 1.98. The summed E-state index contributed by atoms with van der Waals surface area (Å²) in [4.78, 5) is 8.40. The van der Waals surface area contributed by atoms with Crippen molar-refractivity contribution < 1.29 is 4.74 Å². The van der Waals surface area contributed by atoms with E-state index in [1.165, 1.54) is 24.1 Å². The molecule has 0 unspecified atom stereocenters. The average Bonchev–Trinajstić information content (AvgIpc) is 2.78. The van der Waals surface area contributed by atoms with E-state index >= 15 is 0 Å². The number of rotatable bonds is 9.